The lowest BCUT2D eigenvalue weighted by Gasteiger charge is -2.32. The Morgan fingerprint density at radius 3 is 2.78 bits per heavy atom. The first-order valence-electron chi connectivity index (χ1n) is 8.79. The van der Waals surface area contributed by atoms with E-state index in [0.717, 1.165) is 30.3 Å². The van der Waals surface area contributed by atoms with Gasteiger partial charge in [0.1, 0.15) is 11.9 Å². The van der Waals surface area contributed by atoms with Crippen molar-refractivity contribution in [3.63, 3.8) is 0 Å². The second kappa shape index (κ2) is 8.22. The van der Waals surface area contributed by atoms with Crippen LogP contribution >= 0.6 is 12.4 Å². The van der Waals surface area contributed by atoms with Gasteiger partial charge in [0, 0.05) is 62.8 Å². The van der Waals surface area contributed by atoms with Crippen LogP contribution in [0.15, 0.2) is 18.2 Å². The molecule has 2 aliphatic rings. The molecule has 1 fully saturated rings. The van der Waals surface area contributed by atoms with Crippen molar-refractivity contribution < 1.29 is 18.3 Å². The van der Waals surface area contributed by atoms with Crippen LogP contribution in [0, 0.1) is 11.6 Å². The van der Waals surface area contributed by atoms with Gasteiger partial charge in [-0.15, -0.1) is 12.4 Å². The summed E-state index contributed by atoms with van der Waals surface area (Å²) in [6, 6.07) is 3.28. The van der Waals surface area contributed by atoms with Crippen molar-refractivity contribution >= 4 is 18.3 Å². The largest absolute Gasteiger partial charge is 0.487 e. The van der Waals surface area contributed by atoms with Crippen molar-refractivity contribution in [2.45, 2.75) is 31.9 Å². The zero-order valence-electron chi connectivity index (χ0n) is 14.6. The molecule has 0 bridgehead atoms. The number of likely N-dealkylation sites (tertiary alicyclic amines) is 1. The zero-order chi connectivity index (χ0) is 18.1. The van der Waals surface area contributed by atoms with Gasteiger partial charge >= 0.3 is 0 Å². The number of carbonyl (C=O) groups is 1. The lowest BCUT2D eigenvalue weighted by Crippen LogP contribution is -2.42. The Bertz CT molecular complexity index is 822. The van der Waals surface area contributed by atoms with Gasteiger partial charge < -0.3 is 15.0 Å². The molecular weight excluding hydrogens is 378 g/mol. The van der Waals surface area contributed by atoms with Gasteiger partial charge in [-0.05, 0) is 12.1 Å². The molecule has 0 radical (unpaired) electrons. The maximum atomic E-state index is 13.7. The number of hydrogen-bond donors (Lipinski definition) is 2. The summed E-state index contributed by atoms with van der Waals surface area (Å²) >= 11 is 0. The van der Waals surface area contributed by atoms with Crippen molar-refractivity contribution in [2.24, 2.45) is 0 Å². The summed E-state index contributed by atoms with van der Waals surface area (Å²) in [6.45, 7) is 2.56. The van der Waals surface area contributed by atoms with Gasteiger partial charge in [0.15, 0.2) is 17.3 Å². The first-order valence-corrected chi connectivity index (χ1v) is 8.79. The van der Waals surface area contributed by atoms with Crippen LogP contribution in [0.1, 0.15) is 34.6 Å². The molecule has 27 heavy (non-hydrogen) atoms. The summed E-state index contributed by atoms with van der Waals surface area (Å²) in [5.74, 6) is -1.38. The number of benzene rings is 1. The molecule has 146 valence electrons. The summed E-state index contributed by atoms with van der Waals surface area (Å²) < 4.78 is 32.3. The highest BCUT2D eigenvalue weighted by Crippen LogP contribution is 2.24. The third-order valence-corrected chi connectivity index (χ3v) is 4.93. The van der Waals surface area contributed by atoms with Crippen molar-refractivity contribution in [1.82, 2.24) is 20.4 Å². The average molecular weight is 399 g/mol. The second-order valence-electron chi connectivity index (χ2n) is 6.64. The number of H-pyrrole nitrogens is 1. The van der Waals surface area contributed by atoms with Crippen LogP contribution in [-0.2, 0) is 13.0 Å². The van der Waals surface area contributed by atoms with Gasteiger partial charge in [-0.1, -0.05) is 0 Å². The molecule has 0 saturated carbocycles. The summed E-state index contributed by atoms with van der Waals surface area (Å²) in [4.78, 5) is 14.5. The molecule has 1 amide bonds. The molecular formula is C18H21ClF2N4O2. The van der Waals surface area contributed by atoms with E-state index in [-0.39, 0.29) is 30.2 Å². The fourth-order valence-corrected chi connectivity index (χ4v) is 3.48. The van der Waals surface area contributed by atoms with E-state index in [9.17, 15) is 13.6 Å². The van der Waals surface area contributed by atoms with Gasteiger partial charge in [0.05, 0.1) is 0 Å². The molecule has 0 aliphatic carbocycles. The van der Waals surface area contributed by atoms with Crippen molar-refractivity contribution in [3.05, 3.63) is 46.8 Å². The first kappa shape index (κ1) is 19.6. The number of carbonyl (C=O) groups excluding carboxylic acids is 1. The summed E-state index contributed by atoms with van der Waals surface area (Å²) in [6.07, 6.45) is 1.82. The molecule has 0 atom stereocenters. The zero-order valence-corrected chi connectivity index (χ0v) is 15.5. The van der Waals surface area contributed by atoms with Gasteiger partial charge in [-0.25, -0.2) is 8.78 Å². The Morgan fingerprint density at radius 1 is 1.26 bits per heavy atom. The summed E-state index contributed by atoms with van der Waals surface area (Å²) in [5, 5.41) is 10.4. The molecule has 0 spiro atoms. The monoisotopic (exact) mass is 398 g/mol. The number of aromatic nitrogens is 2. The molecule has 1 aromatic heterocycles. The Labute approximate surface area is 161 Å². The standard InChI is InChI=1S/C18H20F2N4O2.ClH/c19-11-1-2-16(14(20)9-11)26-12-4-7-24(8-5-12)18(25)17-13-10-21-6-3-15(13)22-23-17;/h1-2,9,12,21H,3-8,10H2,(H,22,23);1H. The summed E-state index contributed by atoms with van der Waals surface area (Å²) in [5.41, 5.74) is 2.46. The number of halogens is 3. The van der Waals surface area contributed by atoms with Crippen LogP contribution in [0.25, 0.3) is 0 Å². The van der Waals surface area contributed by atoms with Crippen LogP contribution in [-0.4, -0.2) is 46.7 Å². The molecule has 6 nitrogen and oxygen atoms in total. The predicted molar refractivity (Wildman–Crippen MR) is 97.2 cm³/mol. The quantitative estimate of drug-likeness (QED) is 0.833. The fourth-order valence-electron chi connectivity index (χ4n) is 3.48. The highest BCUT2D eigenvalue weighted by molar-refractivity contribution is 5.94. The molecule has 1 saturated heterocycles. The molecule has 2 N–H and O–H groups in total. The molecule has 0 unspecified atom stereocenters. The van der Waals surface area contributed by atoms with E-state index >= 15 is 0 Å². The van der Waals surface area contributed by atoms with Gasteiger partial charge in [0.25, 0.3) is 5.91 Å². The number of aromatic amines is 1. The van der Waals surface area contributed by atoms with Crippen LogP contribution in [0.5, 0.6) is 5.75 Å². The lowest BCUT2D eigenvalue weighted by atomic mass is 10.0. The van der Waals surface area contributed by atoms with Crippen LogP contribution < -0.4 is 10.1 Å². The molecule has 2 aliphatic heterocycles. The Hall–Kier alpha value is -2.19. The van der Waals surface area contributed by atoms with E-state index in [1.54, 1.807) is 4.90 Å². The van der Waals surface area contributed by atoms with Crippen molar-refractivity contribution in [1.29, 1.82) is 0 Å². The second-order valence-corrected chi connectivity index (χ2v) is 6.64. The molecule has 9 heteroatoms. The number of nitrogens with one attached hydrogen (secondary N) is 2. The number of rotatable bonds is 3. The minimum Gasteiger partial charge on any atom is -0.487 e. The average Bonchev–Trinajstić information content (AvgIpc) is 3.08. The fraction of sp³-hybridized carbons (Fsp3) is 0.444. The SMILES string of the molecule is Cl.O=C(c1n[nH]c2c1CNCC2)N1CCC(Oc2ccc(F)cc2F)CC1. The third kappa shape index (κ3) is 4.06. The maximum absolute atomic E-state index is 13.7. The first-order chi connectivity index (χ1) is 12.6. The van der Waals surface area contributed by atoms with E-state index in [2.05, 4.69) is 15.5 Å². The van der Waals surface area contributed by atoms with E-state index in [4.69, 9.17) is 4.74 Å². The highest BCUT2D eigenvalue weighted by Gasteiger charge is 2.29. The molecule has 1 aromatic carbocycles. The van der Waals surface area contributed by atoms with Crippen LogP contribution in [0.3, 0.4) is 0 Å². The van der Waals surface area contributed by atoms with Gasteiger partial charge in [-0.3, -0.25) is 9.89 Å². The van der Waals surface area contributed by atoms with E-state index in [0.29, 0.717) is 38.2 Å². The number of nitrogens with zero attached hydrogens (tertiary/aromatic N) is 2. The topological polar surface area (TPSA) is 70.2 Å². The van der Waals surface area contributed by atoms with E-state index < -0.39 is 11.6 Å². The Kier molecular flexibility index (Phi) is 5.96. The number of amides is 1. The number of hydrogen-bond acceptors (Lipinski definition) is 4. The lowest BCUT2D eigenvalue weighted by molar-refractivity contribution is 0.0581. The minimum absolute atomic E-state index is 0. The number of fused-ring (bicyclic) bond motifs is 1. The predicted octanol–water partition coefficient (Wildman–Crippen LogP) is 2.44. The van der Waals surface area contributed by atoms with E-state index in [1.165, 1.54) is 12.1 Å². The number of piperidine rings is 1. The third-order valence-electron chi connectivity index (χ3n) is 4.93. The van der Waals surface area contributed by atoms with Crippen LogP contribution in [0.2, 0.25) is 0 Å². The van der Waals surface area contributed by atoms with Gasteiger partial charge in [-0.2, -0.15) is 5.10 Å². The maximum Gasteiger partial charge on any atom is 0.274 e. The smallest absolute Gasteiger partial charge is 0.274 e. The van der Waals surface area contributed by atoms with Crippen LogP contribution in [0.4, 0.5) is 8.78 Å². The molecule has 3 heterocycles. The molecule has 4 rings (SSSR count). The highest BCUT2D eigenvalue weighted by atomic mass is 35.5. The molecule has 2 aromatic rings. The summed E-state index contributed by atoms with van der Waals surface area (Å²) in [7, 11) is 0. The number of ether oxygens (including phenoxy) is 1. The Morgan fingerprint density at radius 2 is 2.04 bits per heavy atom. The van der Waals surface area contributed by atoms with Crippen molar-refractivity contribution in [2.75, 3.05) is 19.6 Å². The minimum atomic E-state index is -0.709. The van der Waals surface area contributed by atoms with E-state index in [1.807, 2.05) is 0 Å². The Balaban J connectivity index is 0.00000210. The van der Waals surface area contributed by atoms with Gasteiger partial charge in [0.2, 0.25) is 0 Å². The normalized spacial score (nSPS) is 17.2. The van der Waals surface area contributed by atoms with Crippen molar-refractivity contribution in [3.8, 4) is 5.75 Å².